The second kappa shape index (κ2) is 3.75. The van der Waals surface area contributed by atoms with E-state index in [-0.39, 0.29) is 5.69 Å². The molecule has 2 rings (SSSR count). The lowest BCUT2D eigenvalue weighted by atomic mass is 10.2. The zero-order chi connectivity index (χ0) is 11.0. The van der Waals surface area contributed by atoms with E-state index in [4.69, 9.17) is 11.6 Å². The lowest BCUT2D eigenvalue weighted by molar-refractivity contribution is -0.385. The van der Waals surface area contributed by atoms with Crippen molar-refractivity contribution in [2.24, 2.45) is 0 Å². The highest BCUT2D eigenvalue weighted by molar-refractivity contribution is 9.10. The van der Waals surface area contributed by atoms with Crippen molar-refractivity contribution in [3.05, 3.63) is 44.0 Å². The predicted octanol–water partition coefficient (Wildman–Crippen LogP) is 3.56. The quantitative estimate of drug-likeness (QED) is 0.595. The number of aromatic nitrogens is 1. The number of rotatable bonds is 1. The molecule has 1 heterocycles. The minimum absolute atomic E-state index is 0.0163. The van der Waals surface area contributed by atoms with Crippen LogP contribution in [0.2, 0.25) is 5.02 Å². The molecule has 4 nitrogen and oxygen atoms in total. The van der Waals surface area contributed by atoms with E-state index in [1.807, 2.05) is 0 Å². The van der Waals surface area contributed by atoms with Crippen LogP contribution in [0, 0.1) is 10.1 Å². The van der Waals surface area contributed by atoms with E-state index in [1.165, 1.54) is 6.07 Å². The fraction of sp³-hybridized carbons (Fsp3) is 0. The number of halogens is 2. The highest BCUT2D eigenvalue weighted by atomic mass is 79.9. The number of benzene rings is 1. The van der Waals surface area contributed by atoms with Gasteiger partial charge in [-0.1, -0.05) is 11.6 Å². The maximum absolute atomic E-state index is 10.7. The SMILES string of the molecule is O=[N+]([O-])c1cc2c(Cl)ccnc2cc1Br. The highest BCUT2D eigenvalue weighted by Gasteiger charge is 2.14. The number of nitro groups is 1. The standard InChI is InChI=1S/C9H4BrClN2O2/c10-6-4-8-5(3-9(6)13(14)15)7(11)1-2-12-8/h1-4H. The maximum atomic E-state index is 10.7. The van der Waals surface area contributed by atoms with Gasteiger partial charge in [-0.15, -0.1) is 0 Å². The smallest absolute Gasteiger partial charge is 0.258 e. The predicted molar refractivity (Wildman–Crippen MR) is 61.1 cm³/mol. The molecule has 1 aromatic heterocycles. The largest absolute Gasteiger partial charge is 0.284 e. The minimum Gasteiger partial charge on any atom is -0.258 e. The molecule has 15 heavy (non-hydrogen) atoms. The fourth-order valence-corrected chi connectivity index (χ4v) is 1.95. The number of hydrogen-bond acceptors (Lipinski definition) is 3. The molecule has 0 aliphatic rings. The molecule has 0 spiro atoms. The van der Waals surface area contributed by atoms with Gasteiger partial charge in [0.2, 0.25) is 0 Å². The number of hydrogen-bond donors (Lipinski definition) is 0. The van der Waals surface area contributed by atoms with Gasteiger partial charge in [0.05, 0.1) is 19.9 Å². The number of nitro benzene ring substituents is 1. The Morgan fingerprint density at radius 2 is 2.20 bits per heavy atom. The first-order chi connectivity index (χ1) is 7.09. The average molecular weight is 288 g/mol. The van der Waals surface area contributed by atoms with Gasteiger partial charge < -0.3 is 0 Å². The van der Waals surface area contributed by atoms with E-state index < -0.39 is 4.92 Å². The minimum atomic E-state index is -0.465. The molecule has 0 atom stereocenters. The average Bonchev–Trinajstić information content (AvgIpc) is 2.16. The molecule has 0 amide bonds. The maximum Gasteiger partial charge on any atom is 0.284 e. The van der Waals surface area contributed by atoms with E-state index in [2.05, 4.69) is 20.9 Å². The van der Waals surface area contributed by atoms with E-state index >= 15 is 0 Å². The van der Waals surface area contributed by atoms with Crippen molar-refractivity contribution >= 4 is 44.1 Å². The van der Waals surface area contributed by atoms with Crippen LogP contribution >= 0.6 is 27.5 Å². The summed E-state index contributed by atoms with van der Waals surface area (Å²) < 4.78 is 0.398. The lowest BCUT2D eigenvalue weighted by Gasteiger charge is -2.01. The Bertz CT molecular complexity index is 559. The Morgan fingerprint density at radius 3 is 2.87 bits per heavy atom. The van der Waals surface area contributed by atoms with Crippen molar-refractivity contribution in [2.75, 3.05) is 0 Å². The molecular formula is C9H4BrClN2O2. The van der Waals surface area contributed by atoms with E-state index in [0.29, 0.717) is 20.4 Å². The normalized spacial score (nSPS) is 10.5. The third kappa shape index (κ3) is 1.80. The molecular weight excluding hydrogens is 283 g/mol. The van der Waals surface area contributed by atoms with Crippen LogP contribution in [0.15, 0.2) is 28.9 Å². The highest BCUT2D eigenvalue weighted by Crippen LogP contribution is 2.32. The van der Waals surface area contributed by atoms with Crippen molar-refractivity contribution in [1.29, 1.82) is 0 Å². The topological polar surface area (TPSA) is 56.0 Å². The molecule has 0 saturated heterocycles. The summed E-state index contributed by atoms with van der Waals surface area (Å²) in [6.07, 6.45) is 1.56. The molecule has 0 fully saturated rings. The van der Waals surface area contributed by atoms with Crippen LogP contribution in [0.3, 0.4) is 0 Å². The van der Waals surface area contributed by atoms with Crippen LogP contribution in [0.1, 0.15) is 0 Å². The lowest BCUT2D eigenvalue weighted by Crippen LogP contribution is -1.90. The monoisotopic (exact) mass is 286 g/mol. The summed E-state index contributed by atoms with van der Waals surface area (Å²) in [7, 11) is 0. The van der Waals surface area contributed by atoms with Gasteiger partial charge in [0, 0.05) is 17.6 Å². The summed E-state index contributed by atoms with van der Waals surface area (Å²) >= 11 is 9.03. The molecule has 1 aromatic carbocycles. The summed E-state index contributed by atoms with van der Waals surface area (Å²) in [6, 6.07) is 4.59. The molecule has 0 aliphatic carbocycles. The van der Waals surface area contributed by atoms with Gasteiger partial charge in [0.15, 0.2) is 0 Å². The Kier molecular flexibility index (Phi) is 2.58. The van der Waals surface area contributed by atoms with E-state index in [9.17, 15) is 10.1 Å². The van der Waals surface area contributed by atoms with E-state index in [0.717, 1.165) is 0 Å². The van der Waals surface area contributed by atoms with Gasteiger partial charge in [0.25, 0.3) is 5.69 Å². The fourth-order valence-electron chi connectivity index (χ4n) is 1.26. The molecule has 6 heteroatoms. The van der Waals surface area contributed by atoms with Crippen molar-refractivity contribution < 1.29 is 4.92 Å². The second-order valence-electron chi connectivity index (χ2n) is 2.87. The molecule has 0 N–H and O–H groups in total. The van der Waals surface area contributed by atoms with Gasteiger partial charge in [0.1, 0.15) is 0 Å². The Hall–Kier alpha value is -1.20. The summed E-state index contributed by atoms with van der Waals surface area (Å²) in [5.41, 5.74) is 0.609. The summed E-state index contributed by atoms with van der Waals surface area (Å²) in [4.78, 5) is 14.3. The molecule has 2 aromatic rings. The Balaban J connectivity index is 2.83. The van der Waals surface area contributed by atoms with Crippen LogP contribution < -0.4 is 0 Å². The van der Waals surface area contributed by atoms with Crippen molar-refractivity contribution in [3.63, 3.8) is 0 Å². The summed E-state index contributed by atoms with van der Waals surface area (Å²) in [5, 5.41) is 11.7. The van der Waals surface area contributed by atoms with Crippen LogP contribution in [-0.2, 0) is 0 Å². The van der Waals surface area contributed by atoms with Crippen molar-refractivity contribution in [1.82, 2.24) is 4.98 Å². The van der Waals surface area contributed by atoms with Crippen LogP contribution in [0.5, 0.6) is 0 Å². The van der Waals surface area contributed by atoms with Crippen molar-refractivity contribution in [2.45, 2.75) is 0 Å². The third-order valence-corrected chi connectivity index (χ3v) is 2.92. The van der Waals surface area contributed by atoms with Crippen LogP contribution in [0.4, 0.5) is 5.69 Å². The van der Waals surface area contributed by atoms with Gasteiger partial charge in [-0.2, -0.15) is 0 Å². The Labute approximate surface area is 98.2 Å². The van der Waals surface area contributed by atoms with Gasteiger partial charge in [-0.25, -0.2) is 0 Å². The van der Waals surface area contributed by atoms with Crippen LogP contribution in [0.25, 0.3) is 10.9 Å². The zero-order valence-electron chi connectivity index (χ0n) is 7.28. The van der Waals surface area contributed by atoms with Gasteiger partial charge >= 0.3 is 0 Å². The van der Waals surface area contributed by atoms with Crippen molar-refractivity contribution in [3.8, 4) is 0 Å². The number of pyridine rings is 1. The molecule has 0 radical (unpaired) electrons. The van der Waals surface area contributed by atoms with Gasteiger partial charge in [-0.05, 0) is 28.1 Å². The molecule has 0 saturated carbocycles. The zero-order valence-corrected chi connectivity index (χ0v) is 9.62. The first-order valence-corrected chi connectivity index (χ1v) is 5.15. The van der Waals surface area contributed by atoms with Gasteiger partial charge in [-0.3, -0.25) is 15.1 Å². The molecule has 76 valence electrons. The number of nitrogens with zero attached hydrogens (tertiary/aromatic N) is 2. The first kappa shape index (κ1) is 10.3. The molecule has 0 bridgehead atoms. The molecule has 0 aliphatic heterocycles. The first-order valence-electron chi connectivity index (χ1n) is 3.98. The Morgan fingerprint density at radius 1 is 1.47 bits per heavy atom. The summed E-state index contributed by atoms with van der Waals surface area (Å²) in [5.74, 6) is 0. The second-order valence-corrected chi connectivity index (χ2v) is 4.13. The van der Waals surface area contributed by atoms with Crippen LogP contribution in [-0.4, -0.2) is 9.91 Å². The summed E-state index contributed by atoms with van der Waals surface area (Å²) in [6.45, 7) is 0. The third-order valence-electron chi connectivity index (χ3n) is 1.95. The number of fused-ring (bicyclic) bond motifs is 1. The van der Waals surface area contributed by atoms with E-state index in [1.54, 1.807) is 18.3 Å². The molecule has 0 unspecified atom stereocenters.